The highest BCUT2D eigenvalue weighted by Crippen LogP contribution is 2.12. The van der Waals surface area contributed by atoms with E-state index in [4.69, 9.17) is 14.2 Å². The molecule has 0 aliphatic rings. The zero-order chi connectivity index (χ0) is 45.8. The number of carbonyl (C=O) groups is 3. The van der Waals surface area contributed by atoms with E-state index in [2.05, 4.69) is 118 Å². The van der Waals surface area contributed by atoms with Crippen LogP contribution in [0.2, 0.25) is 0 Å². The molecule has 0 amide bonds. The predicted octanol–water partition coefficient (Wildman–Crippen LogP) is 16.5. The van der Waals surface area contributed by atoms with Gasteiger partial charge < -0.3 is 14.2 Å². The van der Waals surface area contributed by atoms with Gasteiger partial charge in [0.05, 0.1) is 6.42 Å². The minimum atomic E-state index is -0.865. The Bertz CT molecular complexity index is 1370. The van der Waals surface area contributed by atoms with Gasteiger partial charge in [-0.1, -0.05) is 206 Å². The smallest absolute Gasteiger partial charge is 0.310 e. The van der Waals surface area contributed by atoms with Crippen molar-refractivity contribution in [2.24, 2.45) is 0 Å². The average molecular weight is 871 g/mol. The van der Waals surface area contributed by atoms with E-state index in [0.717, 1.165) is 70.6 Å². The summed E-state index contributed by atoms with van der Waals surface area (Å²) < 4.78 is 16.6. The standard InChI is InChI=1S/C57H90O6/c1-4-7-10-13-16-19-22-25-27-28-30-32-35-38-41-44-47-50-56(59)62-53-54(52-61-55(58)49-46-43-40-37-34-31-24-21-18-15-12-9-6-3)63-57(60)51-48-45-42-39-36-33-29-26-23-20-17-14-11-8-5-2/h8-9,11-12,17-18,20-21,25-27,29,31,34,36,39-40,43,45,48,54H,4-7,10,13-16,19,22-24,28,30,32-33,35,37-38,41-42,44,46-47,49-53H2,1-3H3/b11-8-,12-9-,20-17-,21-18-,27-25-,29-26-,34-31-,39-36-,43-40-,48-45-. The summed E-state index contributed by atoms with van der Waals surface area (Å²) in [7, 11) is 0. The lowest BCUT2D eigenvalue weighted by Crippen LogP contribution is -2.30. The predicted molar refractivity (Wildman–Crippen MR) is 269 cm³/mol. The molecular weight excluding hydrogens is 781 g/mol. The van der Waals surface area contributed by atoms with Crippen molar-refractivity contribution in [3.63, 3.8) is 0 Å². The molecule has 0 aliphatic heterocycles. The molecule has 0 N–H and O–H groups in total. The number of carbonyl (C=O) groups excluding carboxylic acids is 3. The molecule has 63 heavy (non-hydrogen) atoms. The maximum Gasteiger partial charge on any atom is 0.310 e. The van der Waals surface area contributed by atoms with Crippen LogP contribution < -0.4 is 0 Å². The molecule has 0 saturated heterocycles. The number of allylic oxidation sites excluding steroid dienone is 19. The van der Waals surface area contributed by atoms with Crippen LogP contribution in [-0.4, -0.2) is 37.2 Å². The van der Waals surface area contributed by atoms with Crippen LogP contribution in [0.3, 0.4) is 0 Å². The quantitative estimate of drug-likeness (QED) is 0.0263. The van der Waals surface area contributed by atoms with Crippen molar-refractivity contribution in [2.75, 3.05) is 13.2 Å². The second-order valence-corrected chi connectivity index (χ2v) is 16.0. The highest BCUT2D eigenvalue weighted by Gasteiger charge is 2.19. The maximum absolute atomic E-state index is 12.7. The number of hydrogen-bond donors (Lipinski definition) is 0. The second kappa shape index (κ2) is 50.5. The average Bonchev–Trinajstić information content (AvgIpc) is 3.28. The molecule has 0 heterocycles. The van der Waals surface area contributed by atoms with Gasteiger partial charge in [0.2, 0.25) is 0 Å². The van der Waals surface area contributed by atoms with Gasteiger partial charge in [0, 0.05) is 12.8 Å². The first kappa shape index (κ1) is 58.8. The number of hydrogen-bond acceptors (Lipinski definition) is 6. The summed E-state index contributed by atoms with van der Waals surface area (Å²) in [5, 5.41) is 0. The molecule has 0 aromatic rings. The van der Waals surface area contributed by atoms with Crippen LogP contribution in [0, 0.1) is 0 Å². The van der Waals surface area contributed by atoms with Crippen LogP contribution in [0.5, 0.6) is 0 Å². The lowest BCUT2D eigenvalue weighted by Gasteiger charge is -2.18. The van der Waals surface area contributed by atoms with E-state index in [9.17, 15) is 14.4 Å². The second-order valence-electron chi connectivity index (χ2n) is 16.0. The zero-order valence-electron chi connectivity index (χ0n) is 40.3. The Morgan fingerprint density at radius 2 is 0.698 bits per heavy atom. The molecule has 1 unspecified atom stereocenters. The summed E-state index contributed by atoms with van der Waals surface area (Å²) in [5.41, 5.74) is 0. The fraction of sp³-hybridized carbons (Fsp3) is 0.596. The fourth-order valence-corrected chi connectivity index (χ4v) is 6.29. The minimum absolute atomic E-state index is 0.0771. The van der Waals surface area contributed by atoms with Gasteiger partial charge in [-0.15, -0.1) is 0 Å². The molecule has 0 aromatic heterocycles. The van der Waals surface area contributed by atoms with Crippen molar-refractivity contribution in [1.29, 1.82) is 0 Å². The summed E-state index contributed by atoms with van der Waals surface area (Å²) in [4.78, 5) is 37.8. The first-order valence-electron chi connectivity index (χ1n) is 25.0. The van der Waals surface area contributed by atoms with Gasteiger partial charge in [0.25, 0.3) is 0 Å². The first-order chi connectivity index (χ1) is 31.0. The van der Waals surface area contributed by atoms with E-state index in [0.29, 0.717) is 19.3 Å². The Labute approximate surface area is 386 Å². The molecule has 0 aromatic carbocycles. The maximum atomic E-state index is 12.7. The highest BCUT2D eigenvalue weighted by atomic mass is 16.6. The third-order valence-electron chi connectivity index (χ3n) is 9.98. The van der Waals surface area contributed by atoms with E-state index in [1.807, 2.05) is 18.2 Å². The van der Waals surface area contributed by atoms with Crippen LogP contribution in [0.4, 0.5) is 0 Å². The normalized spacial score (nSPS) is 13.1. The van der Waals surface area contributed by atoms with Crippen LogP contribution >= 0.6 is 0 Å². The Kier molecular flexibility index (Phi) is 47.1. The van der Waals surface area contributed by atoms with Crippen LogP contribution in [0.25, 0.3) is 0 Å². The van der Waals surface area contributed by atoms with Gasteiger partial charge in [0.1, 0.15) is 13.2 Å². The first-order valence-corrected chi connectivity index (χ1v) is 25.0. The highest BCUT2D eigenvalue weighted by molar-refractivity contribution is 5.72. The van der Waals surface area contributed by atoms with E-state index in [1.54, 1.807) is 6.08 Å². The van der Waals surface area contributed by atoms with Crippen molar-refractivity contribution < 1.29 is 28.6 Å². The Morgan fingerprint density at radius 3 is 1.14 bits per heavy atom. The molecular formula is C57H90O6. The van der Waals surface area contributed by atoms with E-state index in [1.165, 1.54) is 77.0 Å². The van der Waals surface area contributed by atoms with Crippen molar-refractivity contribution >= 4 is 17.9 Å². The SMILES string of the molecule is CC/C=C\C/C=C\C/C=C\C/C=C\C/C=C\CC(=O)OC(COC(=O)CC/C=C\C/C=C\C/C=C\C/C=C\CC)COC(=O)CCCCCCCCC/C=C\CCCCCCCC. The third-order valence-corrected chi connectivity index (χ3v) is 9.98. The number of unbranched alkanes of at least 4 members (excludes halogenated alkanes) is 13. The van der Waals surface area contributed by atoms with Crippen molar-refractivity contribution in [2.45, 2.75) is 207 Å². The topological polar surface area (TPSA) is 78.9 Å². The van der Waals surface area contributed by atoms with Crippen LogP contribution in [0.1, 0.15) is 201 Å². The van der Waals surface area contributed by atoms with E-state index in [-0.39, 0.29) is 38.0 Å². The third kappa shape index (κ3) is 48.7. The van der Waals surface area contributed by atoms with Crippen molar-refractivity contribution in [3.8, 4) is 0 Å². The molecule has 0 aliphatic carbocycles. The van der Waals surface area contributed by atoms with Gasteiger partial charge in [-0.25, -0.2) is 0 Å². The molecule has 0 radical (unpaired) electrons. The van der Waals surface area contributed by atoms with Crippen LogP contribution in [0.15, 0.2) is 122 Å². The van der Waals surface area contributed by atoms with Gasteiger partial charge in [0.15, 0.2) is 6.10 Å². The molecule has 354 valence electrons. The molecule has 0 spiro atoms. The van der Waals surface area contributed by atoms with E-state index < -0.39 is 12.1 Å². The summed E-state index contributed by atoms with van der Waals surface area (Å²) >= 11 is 0. The largest absolute Gasteiger partial charge is 0.462 e. The lowest BCUT2D eigenvalue weighted by molar-refractivity contribution is -0.166. The number of esters is 3. The number of ether oxygens (including phenoxy) is 3. The zero-order valence-corrected chi connectivity index (χ0v) is 40.3. The summed E-state index contributed by atoms with van der Waals surface area (Å²) in [6.45, 7) is 6.23. The summed E-state index contributed by atoms with van der Waals surface area (Å²) in [6, 6.07) is 0. The Balaban J connectivity index is 4.60. The molecule has 0 rings (SSSR count). The lowest BCUT2D eigenvalue weighted by atomic mass is 10.1. The fourth-order valence-electron chi connectivity index (χ4n) is 6.29. The molecule has 0 saturated carbocycles. The van der Waals surface area contributed by atoms with E-state index >= 15 is 0 Å². The van der Waals surface area contributed by atoms with Crippen molar-refractivity contribution in [3.05, 3.63) is 122 Å². The van der Waals surface area contributed by atoms with Gasteiger partial charge in [-0.3, -0.25) is 14.4 Å². The summed E-state index contributed by atoms with van der Waals surface area (Å²) in [6.07, 6.45) is 69.4. The summed E-state index contributed by atoms with van der Waals surface area (Å²) in [5.74, 6) is -1.17. The monoisotopic (exact) mass is 871 g/mol. The molecule has 6 heteroatoms. The number of rotatable bonds is 43. The Hall–Kier alpha value is -4.19. The molecule has 0 bridgehead atoms. The van der Waals surface area contributed by atoms with Gasteiger partial charge in [-0.05, 0) is 96.3 Å². The molecule has 0 fully saturated rings. The van der Waals surface area contributed by atoms with Gasteiger partial charge >= 0.3 is 17.9 Å². The molecule has 1 atom stereocenters. The minimum Gasteiger partial charge on any atom is -0.462 e. The van der Waals surface area contributed by atoms with Crippen molar-refractivity contribution in [1.82, 2.24) is 0 Å². The molecule has 6 nitrogen and oxygen atoms in total. The van der Waals surface area contributed by atoms with Crippen LogP contribution in [-0.2, 0) is 28.6 Å². The Morgan fingerprint density at radius 1 is 0.349 bits per heavy atom. The van der Waals surface area contributed by atoms with Gasteiger partial charge in [-0.2, -0.15) is 0 Å².